The Labute approximate surface area is 85.7 Å². The molecule has 0 bridgehead atoms. The molecule has 1 aliphatic carbocycles. The van der Waals surface area contributed by atoms with Crippen molar-refractivity contribution in [2.24, 2.45) is 5.92 Å². The van der Waals surface area contributed by atoms with Crippen molar-refractivity contribution >= 4 is 17.3 Å². The fourth-order valence-electron chi connectivity index (χ4n) is 2.80. The number of nitrogens with one attached hydrogen (secondary N) is 1. The third kappa shape index (κ3) is 1.66. The molecule has 1 saturated heterocycles. The van der Waals surface area contributed by atoms with Gasteiger partial charge < -0.3 is 10.2 Å². The van der Waals surface area contributed by atoms with Gasteiger partial charge in [-0.15, -0.1) is 0 Å². The van der Waals surface area contributed by atoms with E-state index in [4.69, 9.17) is 12.2 Å². The molecule has 13 heavy (non-hydrogen) atoms. The van der Waals surface area contributed by atoms with E-state index in [9.17, 15) is 0 Å². The first-order valence-electron chi connectivity index (χ1n) is 5.31. The van der Waals surface area contributed by atoms with E-state index in [1.54, 1.807) is 0 Å². The average molecular weight is 198 g/mol. The van der Waals surface area contributed by atoms with Crippen molar-refractivity contribution in [2.45, 2.75) is 38.1 Å². The quantitative estimate of drug-likeness (QED) is 0.597. The van der Waals surface area contributed by atoms with E-state index in [1.807, 2.05) is 7.05 Å². The Morgan fingerprint density at radius 2 is 2.08 bits per heavy atom. The van der Waals surface area contributed by atoms with Crippen molar-refractivity contribution in [2.75, 3.05) is 13.6 Å². The second-order valence-corrected chi connectivity index (χ2v) is 4.54. The summed E-state index contributed by atoms with van der Waals surface area (Å²) in [6.45, 7) is 1.18. The second-order valence-electron chi connectivity index (χ2n) is 4.15. The molecule has 0 amide bonds. The molecule has 1 heterocycles. The maximum absolute atomic E-state index is 5.30. The first kappa shape index (κ1) is 9.25. The minimum absolute atomic E-state index is 0.758. The highest BCUT2D eigenvalue weighted by atomic mass is 32.1. The van der Waals surface area contributed by atoms with Crippen LogP contribution in [0.1, 0.15) is 32.1 Å². The van der Waals surface area contributed by atoms with Crippen LogP contribution in [0.15, 0.2) is 0 Å². The van der Waals surface area contributed by atoms with E-state index < -0.39 is 0 Å². The summed E-state index contributed by atoms with van der Waals surface area (Å²) in [6.07, 6.45) is 6.96. The Balaban J connectivity index is 2.02. The lowest BCUT2D eigenvalue weighted by Gasteiger charge is -2.32. The van der Waals surface area contributed by atoms with Gasteiger partial charge in [-0.25, -0.2) is 0 Å². The van der Waals surface area contributed by atoms with Crippen molar-refractivity contribution < 1.29 is 0 Å². The monoisotopic (exact) mass is 198 g/mol. The van der Waals surface area contributed by atoms with Crippen LogP contribution in [0.25, 0.3) is 0 Å². The van der Waals surface area contributed by atoms with Gasteiger partial charge in [0, 0.05) is 19.6 Å². The highest BCUT2D eigenvalue weighted by molar-refractivity contribution is 7.80. The maximum Gasteiger partial charge on any atom is 0.168 e. The van der Waals surface area contributed by atoms with Gasteiger partial charge in [0.25, 0.3) is 0 Å². The van der Waals surface area contributed by atoms with Gasteiger partial charge in [-0.05, 0) is 37.4 Å². The molecule has 0 aromatic heterocycles. The van der Waals surface area contributed by atoms with Gasteiger partial charge in [0.05, 0.1) is 0 Å². The molecule has 2 aliphatic rings. The summed E-state index contributed by atoms with van der Waals surface area (Å²) in [6, 6.07) is 0.758. The van der Waals surface area contributed by atoms with E-state index in [2.05, 4.69) is 10.2 Å². The summed E-state index contributed by atoms with van der Waals surface area (Å²) >= 11 is 5.30. The lowest BCUT2D eigenvalue weighted by Crippen LogP contribution is -2.43. The molecule has 2 fully saturated rings. The maximum atomic E-state index is 5.30. The van der Waals surface area contributed by atoms with Crippen LogP contribution in [0.3, 0.4) is 0 Å². The summed E-state index contributed by atoms with van der Waals surface area (Å²) in [5.74, 6) is 0.931. The normalized spacial score (nSPS) is 32.8. The molecule has 0 spiro atoms. The van der Waals surface area contributed by atoms with Crippen LogP contribution in [0.5, 0.6) is 0 Å². The molecule has 3 heteroatoms. The van der Waals surface area contributed by atoms with Crippen LogP contribution >= 0.6 is 12.2 Å². The third-order valence-electron chi connectivity index (χ3n) is 3.48. The van der Waals surface area contributed by atoms with Crippen molar-refractivity contribution in [1.82, 2.24) is 10.2 Å². The predicted octanol–water partition coefficient (Wildman–Crippen LogP) is 1.76. The summed E-state index contributed by atoms with van der Waals surface area (Å²) < 4.78 is 0. The van der Waals surface area contributed by atoms with Crippen LogP contribution in [0.2, 0.25) is 0 Å². The van der Waals surface area contributed by atoms with Crippen molar-refractivity contribution in [1.29, 1.82) is 0 Å². The molecule has 2 nitrogen and oxygen atoms in total. The van der Waals surface area contributed by atoms with Gasteiger partial charge >= 0.3 is 0 Å². The molecule has 2 rings (SSSR count). The fraction of sp³-hybridized carbons (Fsp3) is 0.900. The van der Waals surface area contributed by atoms with Gasteiger partial charge in [-0.2, -0.15) is 0 Å². The molecule has 0 aromatic rings. The second kappa shape index (κ2) is 3.82. The van der Waals surface area contributed by atoms with Gasteiger partial charge in [0.15, 0.2) is 5.11 Å². The zero-order valence-corrected chi connectivity index (χ0v) is 9.07. The van der Waals surface area contributed by atoms with E-state index in [0.29, 0.717) is 0 Å². The van der Waals surface area contributed by atoms with Crippen LogP contribution in [0, 0.1) is 5.92 Å². The van der Waals surface area contributed by atoms with Crippen molar-refractivity contribution in [3.63, 3.8) is 0 Å². The molecule has 2 unspecified atom stereocenters. The number of likely N-dealkylation sites (tertiary alicyclic amines) is 1. The summed E-state index contributed by atoms with van der Waals surface area (Å²) in [4.78, 5) is 2.40. The topological polar surface area (TPSA) is 15.3 Å². The highest BCUT2D eigenvalue weighted by Gasteiger charge is 2.36. The number of rotatable bonds is 0. The smallest absolute Gasteiger partial charge is 0.168 e. The minimum Gasteiger partial charge on any atom is -0.366 e. The van der Waals surface area contributed by atoms with E-state index in [0.717, 1.165) is 17.1 Å². The van der Waals surface area contributed by atoms with Crippen LogP contribution < -0.4 is 5.32 Å². The standard InChI is InChI=1S/C10H18N2S/c1-11-10(13)12-7-6-8-4-2-3-5-9(8)12/h8-9H,2-7H2,1H3,(H,11,13). The molecule has 1 N–H and O–H groups in total. The Bertz CT molecular complexity index is 205. The molecular formula is C10H18N2S. The summed E-state index contributed by atoms with van der Waals surface area (Å²) in [5.41, 5.74) is 0. The third-order valence-corrected chi connectivity index (χ3v) is 3.92. The minimum atomic E-state index is 0.758. The number of thiocarbonyl (C=S) groups is 1. The number of hydrogen-bond donors (Lipinski definition) is 1. The Hall–Kier alpha value is -0.310. The molecule has 1 aliphatic heterocycles. The molecular weight excluding hydrogens is 180 g/mol. The molecule has 0 radical (unpaired) electrons. The zero-order valence-electron chi connectivity index (χ0n) is 8.25. The lowest BCUT2D eigenvalue weighted by atomic mass is 9.85. The SMILES string of the molecule is CNC(=S)N1CCC2CCCCC21. The predicted molar refractivity (Wildman–Crippen MR) is 58.7 cm³/mol. The van der Waals surface area contributed by atoms with Crippen LogP contribution in [-0.4, -0.2) is 29.6 Å². The lowest BCUT2D eigenvalue weighted by molar-refractivity contribution is 0.253. The van der Waals surface area contributed by atoms with E-state index in [-0.39, 0.29) is 0 Å². The first-order chi connectivity index (χ1) is 6.33. The van der Waals surface area contributed by atoms with Gasteiger partial charge in [0.2, 0.25) is 0 Å². The molecule has 2 atom stereocenters. The van der Waals surface area contributed by atoms with Crippen molar-refractivity contribution in [3.05, 3.63) is 0 Å². The van der Waals surface area contributed by atoms with Gasteiger partial charge in [0.1, 0.15) is 0 Å². The van der Waals surface area contributed by atoms with Gasteiger partial charge in [-0.1, -0.05) is 12.8 Å². The fourth-order valence-corrected chi connectivity index (χ4v) is 3.03. The summed E-state index contributed by atoms with van der Waals surface area (Å²) in [7, 11) is 1.93. The van der Waals surface area contributed by atoms with Crippen molar-refractivity contribution in [3.8, 4) is 0 Å². The Morgan fingerprint density at radius 3 is 2.85 bits per heavy atom. The molecule has 1 saturated carbocycles. The van der Waals surface area contributed by atoms with Crippen LogP contribution in [-0.2, 0) is 0 Å². The molecule has 74 valence electrons. The largest absolute Gasteiger partial charge is 0.366 e. The Kier molecular flexibility index (Phi) is 2.72. The number of fused-ring (bicyclic) bond motifs is 1. The molecule has 0 aromatic carbocycles. The average Bonchev–Trinajstić information content (AvgIpc) is 2.60. The van der Waals surface area contributed by atoms with Gasteiger partial charge in [-0.3, -0.25) is 0 Å². The Morgan fingerprint density at radius 1 is 1.31 bits per heavy atom. The van der Waals surface area contributed by atoms with E-state index in [1.165, 1.54) is 38.6 Å². The number of nitrogens with zero attached hydrogens (tertiary/aromatic N) is 1. The summed E-state index contributed by atoms with van der Waals surface area (Å²) in [5, 5.41) is 4.05. The zero-order chi connectivity index (χ0) is 9.26. The van der Waals surface area contributed by atoms with E-state index >= 15 is 0 Å². The highest BCUT2D eigenvalue weighted by Crippen LogP contribution is 2.35. The van der Waals surface area contributed by atoms with Crippen LogP contribution in [0.4, 0.5) is 0 Å². The first-order valence-corrected chi connectivity index (χ1v) is 5.72. The number of hydrogen-bond acceptors (Lipinski definition) is 1.